The fourth-order valence-corrected chi connectivity index (χ4v) is 4.22. The van der Waals surface area contributed by atoms with Crippen molar-refractivity contribution >= 4 is 28.4 Å². The minimum atomic E-state index is -0.524. The Labute approximate surface area is 236 Å². The van der Waals surface area contributed by atoms with Gasteiger partial charge in [0.25, 0.3) is 0 Å². The number of pyridine rings is 1. The van der Waals surface area contributed by atoms with E-state index in [1.54, 1.807) is 75.0 Å². The summed E-state index contributed by atoms with van der Waals surface area (Å²) in [6.07, 6.45) is 1.65. The number of nitrogens with one attached hydrogen (secondary N) is 3. The molecule has 0 spiro atoms. The lowest BCUT2D eigenvalue weighted by molar-refractivity contribution is 0.262. The molecule has 0 unspecified atom stereocenters. The van der Waals surface area contributed by atoms with E-state index < -0.39 is 11.8 Å². The number of urea groups is 1. The summed E-state index contributed by atoms with van der Waals surface area (Å²) in [7, 11) is 3.14. The molecule has 5 aromatic rings. The summed E-state index contributed by atoms with van der Waals surface area (Å²) in [5, 5.41) is 6.29. The van der Waals surface area contributed by atoms with Crippen LogP contribution in [0.3, 0.4) is 0 Å². The molecule has 0 bridgehead atoms. The van der Waals surface area contributed by atoms with Gasteiger partial charge in [0, 0.05) is 34.3 Å². The molecule has 3 N–H and O–H groups in total. The number of H-pyrrole nitrogens is 1. The molecule has 0 aliphatic heterocycles. The standard InChI is InChI=1S/C31H30FN5O4/c1-31(2,3)29-35-27(20-8-6-7-9-22(20)32)28(36-29)37-30(38)34-18-10-12-19(13-11-18)41-24-14-15-33-23-17-26(40-5)25(39-4)16-21(23)24/h6-17H,1-5H3,(H,35,36)(H2,34,37,38). The lowest BCUT2D eigenvalue weighted by atomic mass is 9.96. The zero-order chi connectivity index (χ0) is 29.1. The van der Waals surface area contributed by atoms with Crippen LogP contribution < -0.4 is 24.8 Å². The molecule has 2 amide bonds. The second kappa shape index (κ2) is 11.2. The van der Waals surface area contributed by atoms with Crippen molar-refractivity contribution in [1.29, 1.82) is 0 Å². The van der Waals surface area contributed by atoms with Crippen molar-refractivity contribution in [1.82, 2.24) is 15.0 Å². The molecular weight excluding hydrogens is 525 g/mol. The molecule has 0 saturated heterocycles. The first-order valence-electron chi connectivity index (χ1n) is 12.9. The van der Waals surface area contributed by atoms with Crippen molar-refractivity contribution in [2.45, 2.75) is 26.2 Å². The van der Waals surface area contributed by atoms with Gasteiger partial charge in [-0.05, 0) is 48.5 Å². The number of hydrogen-bond acceptors (Lipinski definition) is 6. The van der Waals surface area contributed by atoms with E-state index in [-0.39, 0.29) is 11.2 Å². The van der Waals surface area contributed by atoms with E-state index in [9.17, 15) is 9.18 Å². The van der Waals surface area contributed by atoms with Gasteiger partial charge < -0.3 is 24.5 Å². The highest BCUT2D eigenvalue weighted by Crippen LogP contribution is 2.37. The second-order valence-corrected chi connectivity index (χ2v) is 10.3. The van der Waals surface area contributed by atoms with Gasteiger partial charge in [-0.3, -0.25) is 10.3 Å². The minimum Gasteiger partial charge on any atom is -0.493 e. The number of halogens is 1. The van der Waals surface area contributed by atoms with E-state index in [0.717, 1.165) is 5.39 Å². The number of hydrogen-bond donors (Lipinski definition) is 3. The van der Waals surface area contributed by atoms with Crippen molar-refractivity contribution in [2.75, 3.05) is 24.9 Å². The molecule has 3 aromatic carbocycles. The number of amides is 2. The van der Waals surface area contributed by atoms with Gasteiger partial charge in [0.05, 0.1) is 25.4 Å². The summed E-state index contributed by atoms with van der Waals surface area (Å²) in [5.41, 5.74) is 1.58. The van der Waals surface area contributed by atoms with Crippen LogP contribution in [-0.4, -0.2) is 35.2 Å². The van der Waals surface area contributed by atoms with Gasteiger partial charge in [0.15, 0.2) is 17.3 Å². The van der Waals surface area contributed by atoms with E-state index in [1.807, 2.05) is 26.8 Å². The van der Waals surface area contributed by atoms with Crippen LogP contribution in [0.5, 0.6) is 23.0 Å². The Kier molecular flexibility index (Phi) is 7.47. The summed E-state index contributed by atoms with van der Waals surface area (Å²) >= 11 is 0. The van der Waals surface area contributed by atoms with Crippen LogP contribution in [0.15, 0.2) is 72.9 Å². The molecule has 2 heterocycles. The third-order valence-electron chi connectivity index (χ3n) is 6.34. The summed E-state index contributed by atoms with van der Waals surface area (Å²) in [5.74, 6) is 2.71. The quantitative estimate of drug-likeness (QED) is 0.192. The number of anilines is 2. The van der Waals surface area contributed by atoms with Crippen molar-refractivity contribution in [2.24, 2.45) is 0 Å². The predicted octanol–water partition coefficient (Wildman–Crippen LogP) is 7.52. The number of nitrogens with zero attached hydrogens (tertiary/aromatic N) is 2. The summed E-state index contributed by atoms with van der Waals surface area (Å²) in [6, 6.07) is 18.1. The lowest BCUT2D eigenvalue weighted by Gasteiger charge is -2.14. The Morgan fingerprint density at radius 3 is 2.29 bits per heavy atom. The van der Waals surface area contributed by atoms with Crippen molar-refractivity contribution < 1.29 is 23.4 Å². The Morgan fingerprint density at radius 2 is 1.61 bits per heavy atom. The largest absolute Gasteiger partial charge is 0.493 e. The van der Waals surface area contributed by atoms with E-state index in [2.05, 4.69) is 25.6 Å². The first-order chi connectivity index (χ1) is 19.7. The highest BCUT2D eigenvalue weighted by atomic mass is 19.1. The van der Waals surface area contributed by atoms with Gasteiger partial charge in [0.2, 0.25) is 0 Å². The number of methoxy groups -OCH3 is 2. The highest BCUT2D eigenvalue weighted by molar-refractivity contribution is 6.01. The summed E-state index contributed by atoms with van der Waals surface area (Å²) in [6.45, 7) is 5.94. The Hall–Kier alpha value is -5.12. The van der Waals surface area contributed by atoms with Crippen molar-refractivity contribution in [3.8, 4) is 34.3 Å². The Balaban J connectivity index is 1.32. The number of ether oxygens (including phenoxy) is 3. The third-order valence-corrected chi connectivity index (χ3v) is 6.34. The molecule has 0 saturated carbocycles. The average Bonchev–Trinajstić information content (AvgIpc) is 3.37. The molecule has 0 aliphatic carbocycles. The molecule has 2 aromatic heterocycles. The number of fused-ring (bicyclic) bond motifs is 1. The minimum absolute atomic E-state index is 0.231. The Bertz CT molecular complexity index is 1710. The summed E-state index contributed by atoms with van der Waals surface area (Å²) in [4.78, 5) is 25.0. The maximum atomic E-state index is 14.6. The van der Waals surface area contributed by atoms with Crippen LogP contribution in [0.1, 0.15) is 26.6 Å². The molecule has 9 nitrogen and oxygen atoms in total. The maximum Gasteiger partial charge on any atom is 0.324 e. The van der Waals surface area contributed by atoms with E-state index in [0.29, 0.717) is 51.3 Å². The van der Waals surface area contributed by atoms with E-state index in [1.165, 1.54) is 6.07 Å². The van der Waals surface area contributed by atoms with Crippen molar-refractivity contribution in [3.63, 3.8) is 0 Å². The molecule has 210 valence electrons. The van der Waals surface area contributed by atoms with E-state index in [4.69, 9.17) is 14.2 Å². The number of carbonyl (C=O) groups is 1. The topological polar surface area (TPSA) is 110 Å². The first-order valence-corrected chi connectivity index (χ1v) is 12.9. The molecule has 0 fully saturated rings. The summed E-state index contributed by atoms with van der Waals surface area (Å²) < 4.78 is 31.5. The van der Waals surface area contributed by atoms with Crippen LogP contribution in [0.2, 0.25) is 0 Å². The van der Waals surface area contributed by atoms with Gasteiger partial charge in [0.1, 0.15) is 23.1 Å². The number of rotatable bonds is 7. The first kappa shape index (κ1) is 27.4. The van der Waals surface area contributed by atoms with Gasteiger partial charge in [-0.15, -0.1) is 0 Å². The lowest BCUT2D eigenvalue weighted by Crippen LogP contribution is -2.20. The molecule has 0 radical (unpaired) electrons. The highest BCUT2D eigenvalue weighted by Gasteiger charge is 2.24. The molecule has 41 heavy (non-hydrogen) atoms. The van der Waals surface area contributed by atoms with E-state index >= 15 is 0 Å². The zero-order valence-corrected chi connectivity index (χ0v) is 23.3. The van der Waals surface area contributed by atoms with Gasteiger partial charge in [-0.25, -0.2) is 14.2 Å². The fraction of sp³-hybridized carbons (Fsp3) is 0.194. The monoisotopic (exact) mass is 555 g/mol. The fourth-order valence-electron chi connectivity index (χ4n) is 4.22. The van der Waals surface area contributed by atoms with Gasteiger partial charge >= 0.3 is 6.03 Å². The zero-order valence-electron chi connectivity index (χ0n) is 23.3. The normalized spacial score (nSPS) is 11.3. The van der Waals surface area contributed by atoms with Crippen LogP contribution in [0.25, 0.3) is 22.2 Å². The number of aromatic nitrogens is 3. The smallest absolute Gasteiger partial charge is 0.324 e. The molecule has 5 rings (SSSR count). The van der Waals surface area contributed by atoms with Gasteiger partial charge in [-0.1, -0.05) is 32.9 Å². The second-order valence-electron chi connectivity index (χ2n) is 10.3. The molecule has 0 aliphatic rings. The SMILES string of the molecule is COc1cc2nccc(Oc3ccc(NC(=O)Nc4nc(C(C)(C)C)[nH]c4-c4ccccc4F)cc3)c2cc1OC. The van der Waals surface area contributed by atoms with Crippen LogP contribution >= 0.6 is 0 Å². The molecule has 10 heteroatoms. The average molecular weight is 556 g/mol. The number of aromatic amines is 1. The van der Waals surface area contributed by atoms with Crippen LogP contribution in [-0.2, 0) is 5.41 Å². The predicted molar refractivity (Wildman–Crippen MR) is 157 cm³/mol. The Morgan fingerprint density at radius 1 is 0.902 bits per heavy atom. The number of imidazole rings is 1. The van der Waals surface area contributed by atoms with Crippen LogP contribution in [0.4, 0.5) is 20.7 Å². The molecular formula is C31H30FN5O4. The number of carbonyl (C=O) groups excluding carboxylic acids is 1. The number of benzene rings is 3. The van der Waals surface area contributed by atoms with Gasteiger partial charge in [-0.2, -0.15) is 0 Å². The van der Waals surface area contributed by atoms with Crippen molar-refractivity contribution in [3.05, 3.63) is 84.6 Å². The third kappa shape index (κ3) is 5.91. The molecule has 0 atom stereocenters. The van der Waals surface area contributed by atoms with Crippen LogP contribution in [0, 0.1) is 5.82 Å². The maximum absolute atomic E-state index is 14.6.